The first-order valence-corrected chi connectivity index (χ1v) is 13.6. The molecule has 3 aliphatic carbocycles. The normalized spacial score (nSPS) is 29.9. The van der Waals surface area contributed by atoms with Crippen LogP contribution in [0.25, 0.3) is 16.9 Å². The smallest absolute Gasteiger partial charge is 0.203 e. The van der Waals surface area contributed by atoms with E-state index in [-0.39, 0.29) is 35.6 Å². The van der Waals surface area contributed by atoms with E-state index in [1.807, 2.05) is 39.0 Å². The van der Waals surface area contributed by atoms with E-state index in [0.717, 1.165) is 29.2 Å². The molecular weight excluding hydrogens is 508 g/mol. The van der Waals surface area contributed by atoms with Gasteiger partial charge in [0.15, 0.2) is 17.2 Å². The number of phenols is 1. The molecule has 7 nitrogen and oxygen atoms in total. The number of carbonyl (C=O) groups is 3. The first-order chi connectivity index (χ1) is 18.5. The summed E-state index contributed by atoms with van der Waals surface area (Å²) in [6, 6.07) is 9.27. The van der Waals surface area contributed by atoms with Crippen LogP contribution in [0.5, 0.6) is 5.75 Å². The van der Waals surface area contributed by atoms with Gasteiger partial charge < -0.3 is 20.4 Å². The van der Waals surface area contributed by atoms with Crippen LogP contribution >= 0.6 is 0 Å². The van der Waals surface area contributed by atoms with Crippen molar-refractivity contribution < 1.29 is 34.8 Å². The zero-order valence-corrected chi connectivity index (χ0v) is 24.0. The lowest BCUT2D eigenvalue weighted by Gasteiger charge is -2.59. The highest BCUT2D eigenvalue weighted by molar-refractivity contribution is 6.24. The molecule has 1 saturated carbocycles. The first-order valence-electron chi connectivity index (χ1n) is 13.6. The van der Waals surface area contributed by atoms with Crippen molar-refractivity contribution in [3.05, 3.63) is 69.5 Å². The number of ketones is 3. The molecule has 2 aromatic rings. The van der Waals surface area contributed by atoms with Crippen LogP contribution in [0.4, 0.5) is 0 Å². The lowest BCUT2D eigenvalue weighted by atomic mass is 9.43. The Morgan fingerprint density at radius 2 is 1.65 bits per heavy atom. The van der Waals surface area contributed by atoms with Gasteiger partial charge in [-0.2, -0.15) is 0 Å². The molecule has 0 radical (unpaired) electrons. The maximum atomic E-state index is 14.4. The van der Waals surface area contributed by atoms with Crippen molar-refractivity contribution in [2.45, 2.75) is 66.9 Å². The highest BCUT2D eigenvalue weighted by Crippen LogP contribution is 2.65. The summed E-state index contributed by atoms with van der Waals surface area (Å²) in [6.45, 7) is 12.1. The number of aliphatic hydroxyl groups excluding tert-OH is 2. The molecule has 7 heteroatoms. The average molecular weight is 545 g/mol. The summed E-state index contributed by atoms with van der Waals surface area (Å²) in [5.41, 5.74) is -1.21. The predicted molar refractivity (Wildman–Crippen MR) is 151 cm³/mol. The Labute approximate surface area is 233 Å². The minimum Gasteiger partial charge on any atom is -0.508 e. The molecule has 4 N–H and O–H groups in total. The second-order valence-electron chi connectivity index (χ2n) is 12.7. The number of benzene rings is 2. The van der Waals surface area contributed by atoms with Crippen molar-refractivity contribution >= 4 is 23.1 Å². The van der Waals surface area contributed by atoms with Gasteiger partial charge >= 0.3 is 0 Å². The van der Waals surface area contributed by atoms with Gasteiger partial charge in [0.05, 0.1) is 5.56 Å². The van der Waals surface area contributed by atoms with Crippen molar-refractivity contribution in [1.82, 2.24) is 0 Å². The summed E-state index contributed by atoms with van der Waals surface area (Å²) in [7, 11) is 0. The summed E-state index contributed by atoms with van der Waals surface area (Å²) in [4.78, 5) is 40.5. The molecule has 1 unspecified atom stereocenters. The summed E-state index contributed by atoms with van der Waals surface area (Å²) in [5, 5.41) is 46.0. The molecular formula is C33H36O7. The number of fused-ring (bicyclic) bond motifs is 3. The highest BCUT2D eigenvalue weighted by atomic mass is 16.3. The van der Waals surface area contributed by atoms with Crippen LogP contribution < -0.4 is 0 Å². The number of allylic oxidation sites excluding steroid dienone is 1. The Morgan fingerprint density at radius 3 is 2.23 bits per heavy atom. The van der Waals surface area contributed by atoms with E-state index in [9.17, 15) is 34.8 Å². The third kappa shape index (κ3) is 3.36. The molecule has 4 atom stereocenters. The fraction of sp³-hybridized carbons (Fsp3) is 0.424. The summed E-state index contributed by atoms with van der Waals surface area (Å²) < 4.78 is 0. The minimum atomic E-state index is -2.61. The van der Waals surface area contributed by atoms with Crippen molar-refractivity contribution in [1.29, 1.82) is 0 Å². The van der Waals surface area contributed by atoms with Crippen LogP contribution in [0.15, 0.2) is 47.2 Å². The monoisotopic (exact) mass is 544 g/mol. The Bertz CT molecular complexity index is 1590. The molecule has 0 amide bonds. The molecule has 40 heavy (non-hydrogen) atoms. The van der Waals surface area contributed by atoms with Gasteiger partial charge in [-0.25, -0.2) is 0 Å². The number of carbonyl (C=O) groups excluding carboxylic acids is 3. The largest absolute Gasteiger partial charge is 0.508 e. The number of aliphatic hydroxyl groups is 3. The number of aryl methyl sites for hydroxylation is 2. The molecule has 0 aromatic heterocycles. The Kier molecular flexibility index (Phi) is 6.02. The Morgan fingerprint density at radius 1 is 1.00 bits per heavy atom. The average Bonchev–Trinajstić information content (AvgIpc) is 2.83. The molecule has 3 aliphatic rings. The highest BCUT2D eigenvalue weighted by Gasteiger charge is 2.72. The molecule has 0 heterocycles. The molecule has 5 rings (SSSR count). The molecule has 1 fully saturated rings. The van der Waals surface area contributed by atoms with E-state index in [2.05, 4.69) is 0 Å². The van der Waals surface area contributed by atoms with Crippen molar-refractivity contribution in [2.75, 3.05) is 0 Å². The van der Waals surface area contributed by atoms with E-state index in [4.69, 9.17) is 0 Å². The quantitative estimate of drug-likeness (QED) is 0.377. The standard InChI is InChI=1S/C33H36O7/c1-15(2)25-27(36)23(18(5)34)29(38)33(40)30(39)26-28(37)24-21(13-31(26,6)14-32(25,33)7)20(10-11-22(24)35)19-9-8-16(3)17(4)12-19/h8-12,15,25,35,37-38,40H,13-14H2,1-7H3/t25?,31-,32-,33+/m1/s1. The zero-order chi connectivity index (χ0) is 29.7. The van der Waals surface area contributed by atoms with Crippen molar-refractivity contribution in [2.24, 2.45) is 22.7 Å². The molecule has 0 aliphatic heterocycles. The van der Waals surface area contributed by atoms with E-state index in [0.29, 0.717) is 5.56 Å². The lowest BCUT2D eigenvalue weighted by Crippen LogP contribution is -2.69. The van der Waals surface area contributed by atoms with E-state index >= 15 is 0 Å². The fourth-order valence-electron chi connectivity index (χ4n) is 7.90. The summed E-state index contributed by atoms with van der Waals surface area (Å²) in [5.74, 6) is -5.26. The maximum absolute atomic E-state index is 14.4. The second kappa shape index (κ2) is 8.64. The number of rotatable bonds is 3. The molecule has 0 saturated heterocycles. The Hall–Kier alpha value is -3.71. The molecule has 210 valence electrons. The van der Waals surface area contributed by atoms with Crippen LogP contribution in [0.1, 0.15) is 63.3 Å². The minimum absolute atomic E-state index is 0.0624. The van der Waals surface area contributed by atoms with Gasteiger partial charge in [-0.3, -0.25) is 14.4 Å². The maximum Gasteiger partial charge on any atom is 0.203 e. The number of hydrogen-bond donors (Lipinski definition) is 4. The summed E-state index contributed by atoms with van der Waals surface area (Å²) in [6.07, 6.45) is 0.297. The van der Waals surface area contributed by atoms with Crippen LogP contribution in [0.2, 0.25) is 0 Å². The predicted octanol–water partition coefficient (Wildman–Crippen LogP) is 5.47. The first kappa shape index (κ1) is 27.8. The third-order valence-corrected chi connectivity index (χ3v) is 9.71. The number of aromatic hydroxyl groups is 1. The van der Waals surface area contributed by atoms with Gasteiger partial charge in [-0.05, 0) is 73.4 Å². The molecule has 0 spiro atoms. The van der Waals surface area contributed by atoms with E-state index < -0.39 is 56.8 Å². The topological polar surface area (TPSA) is 132 Å². The van der Waals surface area contributed by atoms with Crippen molar-refractivity contribution in [3.8, 4) is 16.9 Å². The van der Waals surface area contributed by atoms with E-state index in [1.165, 1.54) is 6.07 Å². The number of hydrogen-bond acceptors (Lipinski definition) is 7. The SMILES string of the molecule is CC(=O)C1=C(O)[C@]2(O)C(=O)C3=C(O)c4c(O)ccc(-c5ccc(C)c(C)c5)c4C[C@]3(C)C[C@]2(C)C(C(C)C)C1=O. The molecule has 0 bridgehead atoms. The van der Waals surface area contributed by atoms with Crippen LogP contribution in [-0.4, -0.2) is 43.4 Å². The molecule has 2 aromatic carbocycles. The summed E-state index contributed by atoms with van der Waals surface area (Å²) >= 11 is 0. The number of phenolic OH excluding ortho intramolecular Hbond substituents is 1. The van der Waals surface area contributed by atoms with Gasteiger partial charge in [-0.1, -0.05) is 52.0 Å². The van der Waals surface area contributed by atoms with E-state index in [1.54, 1.807) is 26.8 Å². The van der Waals surface area contributed by atoms with Crippen LogP contribution in [0, 0.1) is 36.5 Å². The van der Waals surface area contributed by atoms with Crippen LogP contribution in [0.3, 0.4) is 0 Å². The van der Waals surface area contributed by atoms with Gasteiger partial charge in [0, 0.05) is 22.3 Å². The lowest BCUT2D eigenvalue weighted by molar-refractivity contribution is -0.178. The van der Waals surface area contributed by atoms with Gasteiger partial charge in [0.25, 0.3) is 0 Å². The third-order valence-electron chi connectivity index (χ3n) is 9.71. The zero-order valence-electron chi connectivity index (χ0n) is 24.0. The number of Topliss-reactive ketones (excluding diaryl/α,β-unsaturated/α-hetero) is 3. The van der Waals surface area contributed by atoms with Crippen molar-refractivity contribution in [3.63, 3.8) is 0 Å². The second-order valence-corrected chi connectivity index (χ2v) is 12.7. The fourth-order valence-corrected chi connectivity index (χ4v) is 7.90. The Balaban J connectivity index is 1.82. The van der Waals surface area contributed by atoms with Gasteiger partial charge in [-0.15, -0.1) is 0 Å². The van der Waals surface area contributed by atoms with Gasteiger partial charge in [0.2, 0.25) is 5.78 Å². The van der Waals surface area contributed by atoms with Gasteiger partial charge in [0.1, 0.15) is 22.8 Å². The van der Waals surface area contributed by atoms with Crippen LogP contribution in [-0.2, 0) is 20.8 Å².